The summed E-state index contributed by atoms with van der Waals surface area (Å²) >= 11 is 0. The summed E-state index contributed by atoms with van der Waals surface area (Å²) in [6.07, 6.45) is 4.66. The van der Waals surface area contributed by atoms with E-state index in [-0.39, 0.29) is 5.75 Å². The quantitative estimate of drug-likeness (QED) is 0.786. The first-order valence-corrected chi connectivity index (χ1v) is 11.7. The largest absolute Gasteiger partial charge is 0.303 e. The molecule has 2 aliphatic heterocycles. The zero-order chi connectivity index (χ0) is 18.7. The summed E-state index contributed by atoms with van der Waals surface area (Å²) in [5.41, 5.74) is 3.27. The molecule has 4 nitrogen and oxygen atoms in total. The lowest BCUT2D eigenvalue weighted by Crippen LogP contribution is -2.43. The second-order valence-electron chi connectivity index (χ2n) is 8.52. The fraction of sp³-hybridized carbons (Fsp3) is 0.714. The van der Waals surface area contributed by atoms with Crippen LogP contribution in [0.2, 0.25) is 0 Å². The van der Waals surface area contributed by atoms with Crippen LogP contribution in [0.5, 0.6) is 0 Å². The van der Waals surface area contributed by atoms with Gasteiger partial charge in [-0.2, -0.15) is 0 Å². The lowest BCUT2D eigenvalue weighted by atomic mass is 9.94. The van der Waals surface area contributed by atoms with Gasteiger partial charge in [0.05, 0.1) is 5.75 Å². The first-order valence-electron chi connectivity index (χ1n) is 10.1. The van der Waals surface area contributed by atoms with E-state index in [0.717, 1.165) is 36.4 Å². The van der Waals surface area contributed by atoms with Gasteiger partial charge in [-0.3, -0.25) is 0 Å². The highest BCUT2D eigenvalue weighted by Crippen LogP contribution is 2.25. The number of aryl methyl sites for hydroxylation is 2. The van der Waals surface area contributed by atoms with Crippen LogP contribution >= 0.6 is 0 Å². The highest BCUT2D eigenvalue weighted by molar-refractivity contribution is 7.88. The lowest BCUT2D eigenvalue weighted by Gasteiger charge is -2.37. The molecule has 0 N–H and O–H groups in total. The molecule has 2 saturated heterocycles. The summed E-state index contributed by atoms with van der Waals surface area (Å²) in [5.74, 6) is 1.58. The van der Waals surface area contributed by atoms with E-state index in [0.29, 0.717) is 19.0 Å². The van der Waals surface area contributed by atoms with Gasteiger partial charge in [-0.1, -0.05) is 25.1 Å². The Bertz CT molecular complexity index is 709. The average molecular weight is 379 g/mol. The maximum Gasteiger partial charge on any atom is 0.218 e. The van der Waals surface area contributed by atoms with E-state index in [1.807, 2.05) is 25.1 Å². The number of hydrogen-bond acceptors (Lipinski definition) is 3. The van der Waals surface area contributed by atoms with Gasteiger partial charge in [-0.15, -0.1) is 0 Å². The number of sulfonamides is 1. The highest BCUT2D eigenvalue weighted by Gasteiger charge is 2.29. The van der Waals surface area contributed by atoms with Crippen molar-refractivity contribution in [1.82, 2.24) is 9.21 Å². The molecule has 2 aliphatic rings. The monoisotopic (exact) mass is 378 g/mol. The van der Waals surface area contributed by atoms with E-state index in [1.54, 1.807) is 4.31 Å². The molecule has 2 heterocycles. The molecule has 1 atom stereocenters. The number of benzene rings is 1. The summed E-state index contributed by atoms with van der Waals surface area (Å²) < 4.78 is 27.3. The van der Waals surface area contributed by atoms with E-state index in [9.17, 15) is 8.42 Å². The zero-order valence-electron chi connectivity index (χ0n) is 16.6. The summed E-state index contributed by atoms with van der Waals surface area (Å²) in [6, 6.07) is 5.98. The predicted molar refractivity (Wildman–Crippen MR) is 108 cm³/mol. The minimum Gasteiger partial charge on any atom is -0.303 e. The van der Waals surface area contributed by atoms with Gasteiger partial charge in [0.15, 0.2) is 0 Å². The van der Waals surface area contributed by atoms with Crippen molar-refractivity contribution in [2.45, 2.75) is 52.2 Å². The van der Waals surface area contributed by atoms with Crippen molar-refractivity contribution in [3.05, 3.63) is 34.9 Å². The van der Waals surface area contributed by atoms with Crippen LogP contribution in [0, 0.1) is 25.7 Å². The van der Waals surface area contributed by atoms with Crippen LogP contribution in [0.25, 0.3) is 0 Å². The van der Waals surface area contributed by atoms with Gasteiger partial charge in [0.25, 0.3) is 0 Å². The maximum absolute atomic E-state index is 12.8. The third kappa shape index (κ3) is 5.08. The molecule has 0 radical (unpaired) electrons. The van der Waals surface area contributed by atoms with Crippen molar-refractivity contribution in [1.29, 1.82) is 0 Å². The van der Waals surface area contributed by atoms with E-state index in [1.165, 1.54) is 31.5 Å². The van der Waals surface area contributed by atoms with Crippen molar-refractivity contribution >= 4 is 10.0 Å². The molecular formula is C21H34N2O2S. The minimum atomic E-state index is -3.21. The van der Waals surface area contributed by atoms with E-state index < -0.39 is 10.0 Å². The zero-order valence-corrected chi connectivity index (χ0v) is 17.4. The Morgan fingerprint density at radius 3 is 2.42 bits per heavy atom. The van der Waals surface area contributed by atoms with E-state index in [2.05, 4.69) is 18.7 Å². The van der Waals surface area contributed by atoms with Crippen molar-refractivity contribution in [3.8, 4) is 0 Å². The number of rotatable bonds is 5. The van der Waals surface area contributed by atoms with Crippen molar-refractivity contribution in [3.63, 3.8) is 0 Å². The van der Waals surface area contributed by atoms with Gasteiger partial charge in [-0.25, -0.2) is 12.7 Å². The molecule has 3 rings (SSSR count). The molecule has 0 unspecified atom stereocenters. The lowest BCUT2D eigenvalue weighted by molar-refractivity contribution is 0.136. The summed E-state index contributed by atoms with van der Waals surface area (Å²) in [7, 11) is -3.21. The molecule has 0 aromatic heterocycles. The standard InChI is InChI=1S/C21H34N2O2S/c1-17-5-4-10-22(14-17)15-20-8-11-23(12-9-20)26(24,25)16-21-7-6-18(2)19(3)13-21/h6-7,13,17,20H,4-5,8-12,14-16H2,1-3H3/t17-/m1/s1. The first kappa shape index (κ1) is 19.8. The highest BCUT2D eigenvalue weighted by atomic mass is 32.2. The Morgan fingerprint density at radius 2 is 1.77 bits per heavy atom. The molecule has 0 saturated carbocycles. The van der Waals surface area contributed by atoms with Crippen LogP contribution in [0.4, 0.5) is 0 Å². The number of nitrogens with zero attached hydrogens (tertiary/aromatic N) is 2. The van der Waals surface area contributed by atoms with E-state index >= 15 is 0 Å². The molecule has 5 heteroatoms. The van der Waals surface area contributed by atoms with Gasteiger partial charge >= 0.3 is 0 Å². The Labute approximate surface area is 159 Å². The van der Waals surface area contributed by atoms with Crippen LogP contribution in [-0.2, 0) is 15.8 Å². The summed E-state index contributed by atoms with van der Waals surface area (Å²) in [5, 5.41) is 0. The normalized spacial score (nSPS) is 24.0. The third-order valence-corrected chi connectivity index (χ3v) is 7.99. The molecule has 2 fully saturated rings. The van der Waals surface area contributed by atoms with Crippen molar-refractivity contribution < 1.29 is 8.42 Å². The Morgan fingerprint density at radius 1 is 1.04 bits per heavy atom. The molecule has 1 aromatic rings. The molecule has 146 valence electrons. The third-order valence-electron chi connectivity index (χ3n) is 6.14. The van der Waals surface area contributed by atoms with Gasteiger partial charge in [-0.05, 0) is 74.6 Å². The number of likely N-dealkylation sites (tertiary alicyclic amines) is 1. The van der Waals surface area contributed by atoms with Crippen LogP contribution < -0.4 is 0 Å². The second kappa shape index (κ2) is 8.41. The molecule has 1 aromatic carbocycles. The molecule has 26 heavy (non-hydrogen) atoms. The van der Waals surface area contributed by atoms with Gasteiger partial charge in [0.1, 0.15) is 0 Å². The first-order chi connectivity index (χ1) is 12.3. The molecule has 0 aliphatic carbocycles. The minimum absolute atomic E-state index is 0.127. The molecule has 0 amide bonds. The maximum atomic E-state index is 12.8. The Balaban J connectivity index is 1.52. The van der Waals surface area contributed by atoms with Crippen LogP contribution in [0.15, 0.2) is 18.2 Å². The summed E-state index contributed by atoms with van der Waals surface area (Å²) in [4.78, 5) is 2.60. The fourth-order valence-corrected chi connectivity index (χ4v) is 5.93. The van der Waals surface area contributed by atoms with Crippen molar-refractivity contribution in [2.75, 3.05) is 32.7 Å². The van der Waals surface area contributed by atoms with Crippen LogP contribution in [0.3, 0.4) is 0 Å². The van der Waals surface area contributed by atoms with Crippen LogP contribution in [0.1, 0.15) is 49.3 Å². The molecule has 0 spiro atoms. The number of hydrogen-bond donors (Lipinski definition) is 0. The van der Waals surface area contributed by atoms with Crippen molar-refractivity contribution in [2.24, 2.45) is 11.8 Å². The van der Waals surface area contributed by atoms with Gasteiger partial charge < -0.3 is 4.90 Å². The molecular weight excluding hydrogens is 344 g/mol. The average Bonchev–Trinajstić information content (AvgIpc) is 2.58. The molecule has 0 bridgehead atoms. The van der Waals surface area contributed by atoms with Gasteiger partial charge in [0.2, 0.25) is 10.0 Å². The second-order valence-corrected chi connectivity index (χ2v) is 10.5. The Hall–Kier alpha value is -0.910. The Kier molecular flexibility index (Phi) is 6.41. The van der Waals surface area contributed by atoms with Crippen LogP contribution in [-0.4, -0.2) is 50.3 Å². The SMILES string of the molecule is Cc1ccc(CS(=O)(=O)N2CCC(CN3CCC[C@@H](C)C3)CC2)cc1C. The van der Waals surface area contributed by atoms with E-state index in [4.69, 9.17) is 0 Å². The topological polar surface area (TPSA) is 40.6 Å². The smallest absolute Gasteiger partial charge is 0.218 e. The number of piperidine rings is 2. The fourth-order valence-electron chi connectivity index (χ4n) is 4.38. The van der Waals surface area contributed by atoms with Gasteiger partial charge in [0, 0.05) is 26.2 Å². The predicted octanol–water partition coefficient (Wildman–Crippen LogP) is 3.58. The summed E-state index contributed by atoms with van der Waals surface area (Å²) in [6.45, 7) is 11.4.